The number of hydrogen-bond acceptors (Lipinski definition) is 5. The van der Waals surface area contributed by atoms with E-state index in [1.165, 1.54) is 11.3 Å². The monoisotopic (exact) mass is 375 g/mol. The Kier molecular flexibility index (Phi) is 5.16. The summed E-state index contributed by atoms with van der Waals surface area (Å²) in [5.41, 5.74) is 2.63. The summed E-state index contributed by atoms with van der Waals surface area (Å²) >= 11 is 7.78. The molecule has 1 heterocycles. The highest BCUT2D eigenvalue weighted by atomic mass is 35.5. The molecular formula is C19H18ClNO3S. The predicted octanol–water partition coefficient (Wildman–Crippen LogP) is 5.79. The number of benzene rings is 2. The third-order valence-corrected chi connectivity index (χ3v) is 5.46. The SMILES string of the molecule is CCOC(=O)c1sc2c(Nc3cccc(OC)c3)ccc(Cl)c2c1C. The van der Waals surface area contributed by atoms with Crippen molar-refractivity contribution in [2.24, 2.45) is 0 Å². The van der Waals surface area contributed by atoms with Gasteiger partial charge in [-0.1, -0.05) is 17.7 Å². The first-order chi connectivity index (χ1) is 12.0. The van der Waals surface area contributed by atoms with Gasteiger partial charge in [-0.05, 0) is 43.7 Å². The standard InChI is InChI=1S/C19H18ClNO3S/c1-4-24-19(22)17-11(2)16-14(20)8-9-15(18(16)25-17)21-12-6-5-7-13(10-12)23-3/h5-10,21H,4H2,1-3H3. The number of anilines is 2. The van der Waals surface area contributed by atoms with Crippen molar-refractivity contribution in [1.29, 1.82) is 0 Å². The van der Waals surface area contributed by atoms with Crippen molar-refractivity contribution in [2.75, 3.05) is 19.0 Å². The lowest BCUT2D eigenvalue weighted by Crippen LogP contribution is -2.03. The Morgan fingerprint density at radius 2 is 2.08 bits per heavy atom. The molecule has 3 aromatic rings. The van der Waals surface area contributed by atoms with Gasteiger partial charge < -0.3 is 14.8 Å². The Morgan fingerprint density at radius 1 is 1.28 bits per heavy atom. The molecule has 1 aromatic heterocycles. The van der Waals surface area contributed by atoms with Crippen LogP contribution in [0.3, 0.4) is 0 Å². The average molecular weight is 376 g/mol. The number of methoxy groups -OCH3 is 1. The summed E-state index contributed by atoms with van der Waals surface area (Å²) in [6, 6.07) is 11.4. The van der Waals surface area contributed by atoms with Gasteiger partial charge in [-0.2, -0.15) is 0 Å². The number of thiophene rings is 1. The number of carbonyl (C=O) groups excluding carboxylic acids is 1. The Bertz CT molecular complexity index is 936. The summed E-state index contributed by atoms with van der Waals surface area (Å²) in [6.45, 7) is 4.03. The molecule has 4 nitrogen and oxygen atoms in total. The number of rotatable bonds is 5. The molecule has 0 saturated heterocycles. The van der Waals surface area contributed by atoms with Gasteiger partial charge in [0.15, 0.2) is 0 Å². The molecule has 0 aliphatic carbocycles. The van der Waals surface area contributed by atoms with Crippen molar-refractivity contribution in [3.8, 4) is 5.75 Å². The largest absolute Gasteiger partial charge is 0.497 e. The molecule has 0 saturated carbocycles. The second-order valence-corrected chi connectivity index (χ2v) is 6.86. The Hall–Kier alpha value is -2.24. The first-order valence-corrected chi connectivity index (χ1v) is 9.04. The molecule has 0 spiro atoms. The number of hydrogen-bond donors (Lipinski definition) is 1. The average Bonchev–Trinajstić information content (AvgIpc) is 2.96. The number of nitrogens with one attached hydrogen (secondary N) is 1. The quantitative estimate of drug-likeness (QED) is 0.573. The summed E-state index contributed by atoms with van der Waals surface area (Å²) in [5, 5.41) is 4.88. The third-order valence-electron chi connectivity index (χ3n) is 3.84. The topological polar surface area (TPSA) is 47.6 Å². The molecule has 0 amide bonds. The van der Waals surface area contributed by atoms with Gasteiger partial charge in [0, 0.05) is 22.2 Å². The summed E-state index contributed by atoms with van der Waals surface area (Å²) in [7, 11) is 1.63. The Balaban J connectivity index is 2.08. The van der Waals surface area contributed by atoms with Crippen LogP contribution in [0.15, 0.2) is 36.4 Å². The zero-order valence-corrected chi connectivity index (χ0v) is 15.8. The molecule has 25 heavy (non-hydrogen) atoms. The second-order valence-electron chi connectivity index (χ2n) is 5.43. The molecule has 0 atom stereocenters. The third kappa shape index (κ3) is 3.43. The lowest BCUT2D eigenvalue weighted by molar-refractivity contribution is 0.0531. The van der Waals surface area contributed by atoms with Crippen molar-refractivity contribution in [2.45, 2.75) is 13.8 Å². The van der Waals surface area contributed by atoms with Crippen LogP contribution in [0.2, 0.25) is 5.02 Å². The predicted molar refractivity (Wildman–Crippen MR) is 104 cm³/mol. The molecule has 0 radical (unpaired) electrons. The van der Waals surface area contributed by atoms with E-state index in [-0.39, 0.29) is 5.97 Å². The maximum atomic E-state index is 12.2. The number of aryl methyl sites for hydroxylation is 1. The summed E-state index contributed by atoms with van der Waals surface area (Å²) in [4.78, 5) is 12.8. The molecule has 6 heteroatoms. The summed E-state index contributed by atoms with van der Waals surface area (Å²) in [5.74, 6) is 0.453. The lowest BCUT2D eigenvalue weighted by atomic mass is 10.1. The highest BCUT2D eigenvalue weighted by Crippen LogP contribution is 2.41. The zero-order chi connectivity index (χ0) is 18.0. The van der Waals surface area contributed by atoms with Gasteiger partial charge in [-0.3, -0.25) is 0 Å². The van der Waals surface area contributed by atoms with Gasteiger partial charge in [-0.15, -0.1) is 11.3 Å². The van der Waals surface area contributed by atoms with Crippen LogP contribution in [0.4, 0.5) is 11.4 Å². The number of carbonyl (C=O) groups is 1. The van der Waals surface area contributed by atoms with E-state index >= 15 is 0 Å². The van der Waals surface area contributed by atoms with Crippen molar-refractivity contribution >= 4 is 50.4 Å². The van der Waals surface area contributed by atoms with Crippen LogP contribution in [0.5, 0.6) is 5.75 Å². The molecule has 1 N–H and O–H groups in total. The van der Waals surface area contributed by atoms with Crippen molar-refractivity contribution < 1.29 is 14.3 Å². The molecule has 0 aliphatic heterocycles. The fraction of sp³-hybridized carbons (Fsp3) is 0.211. The molecule has 3 rings (SSSR count). The summed E-state index contributed by atoms with van der Waals surface area (Å²) < 4.78 is 11.3. The smallest absolute Gasteiger partial charge is 0.348 e. The van der Waals surface area contributed by atoms with E-state index in [1.807, 2.05) is 43.3 Å². The number of halogens is 1. The number of esters is 1. The molecule has 2 aromatic carbocycles. The van der Waals surface area contributed by atoms with Crippen molar-refractivity contribution in [1.82, 2.24) is 0 Å². The Labute approximate surface area is 155 Å². The number of fused-ring (bicyclic) bond motifs is 1. The van der Waals surface area contributed by atoms with E-state index in [0.717, 1.165) is 32.8 Å². The van der Waals surface area contributed by atoms with Gasteiger partial charge in [0.25, 0.3) is 0 Å². The van der Waals surface area contributed by atoms with E-state index in [0.29, 0.717) is 16.5 Å². The van der Waals surface area contributed by atoms with Crippen LogP contribution in [0, 0.1) is 6.92 Å². The lowest BCUT2D eigenvalue weighted by Gasteiger charge is -2.10. The zero-order valence-electron chi connectivity index (χ0n) is 14.2. The van der Waals surface area contributed by atoms with Gasteiger partial charge in [0.05, 0.1) is 24.1 Å². The van der Waals surface area contributed by atoms with Crippen molar-refractivity contribution in [3.05, 3.63) is 51.9 Å². The van der Waals surface area contributed by atoms with Crippen LogP contribution >= 0.6 is 22.9 Å². The van der Waals surface area contributed by atoms with Crippen LogP contribution in [0.25, 0.3) is 10.1 Å². The maximum Gasteiger partial charge on any atom is 0.348 e. The fourth-order valence-electron chi connectivity index (χ4n) is 2.65. The van der Waals surface area contributed by atoms with E-state index in [4.69, 9.17) is 21.1 Å². The molecule has 0 fully saturated rings. The molecular weight excluding hydrogens is 358 g/mol. The highest BCUT2D eigenvalue weighted by Gasteiger charge is 2.20. The van der Waals surface area contributed by atoms with Crippen LogP contribution in [-0.2, 0) is 4.74 Å². The van der Waals surface area contributed by atoms with E-state index in [9.17, 15) is 4.79 Å². The minimum absolute atomic E-state index is 0.315. The fourth-order valence-corrected chi connectivity index (χ4v) is 4.20. The van der Waals surface area contributed by atoms with Crippen LogP contribution in [-0.4, -0.2) is 19.7 Å². The summed E-state index contributed by atoms with van der Waals surface area (Å²) in [6.07, 6.45) is 0. The van der Waals surface area contributed by atoms with Gasteiger partial charge in [0.1, 0.15) is 10.6 Å². The van der Waals surface area contributed by atoms with E-state index < -0.39 is 0 Å². The van der Waals surface area contributed by atoms with Gasteiger partial charge >= 0.3 is 5.97 Å². The van der Waals surface area contributed by atoms with Crippen LogP contribution in [0.1, 0.15) is 22.2 Å². The van der Waals surface area contributed by atoms with Crippen molar-refractivity contribution in [3.63, 3.8) is 0 Å². The minimum Gasteiger partial charge on any atom is -0.497 e. The number of ether oxygens (including phenoxy) is 2. The normalized spacial score (nSPS) is 10.7. The molecule has 0 bridgehead atoms. The molecule has 0 aliphatic rings. The van der Waals surface area contributed by atoms with Gasteiger partial charge in [-0.25, -0.2) is 4.79 Å². The van der Waals surface area contributed by atoms with E-state index in [2.05, 4.69) is 5.32 Å². The Morgan fingerprint density at radius 3 is 2.80 bits per heavy atom. The maximum absolute atomic E-state index is 12.2. The van der Waals surface area contributed by atoms with Crippen LogP contribution < -0.4 is 10.1 Å². The first-order valence-electron chi connectivity index (χ1n) is 7.85. The minimum atomic E-state index is -0.315. The molecule has 130 valence electrons. The molecule has 0 unspecified atom stereocenters. The highest BCUT2D eigenvalue weighted by molar-refractivity contribution is 7.21. The second kappa shape index (κ2) is 7.33. The first kappa shape index (κ1) is 17.6. The van der Waals surface area contributed by atoms with E-state index in [1.54, 1.807) is 14.0 Å². The van der Waals surface area contributed by atoms with Gasteiger partial charge in [0.2, 0.25) is 0 Å².